The van der Waals surface area contributed by atoms with E-state index in [0.717, 1.165) is 31.1 Å². The second kappa shape index (κ2) is 6.98. The molecule has 1 saturated heterocycles. The van der Waals surface area contributed by atoms with Gasteiger partial charge in [0.1, 0.15) is 0 Å². The maximum absolute atomic E-state index is 12.8. The summed E-state index contributed by atoms with van der Waals surface area (Å²) in [5.74, 6) is -0.132. The summed E-state index contributed by atoms with van der Waals surface area (Å²) in [6, 6.07) is 6.34. The summed E-state index contributed by atoms with van der Waals surface area (Å²) < 4.78 is 27.4. The molecule has 0 radical (unpaired) electrons. The minimum Gasteiger partial charge on any atom is -0.345 e. The SMILES string of the molecule is O=C(c1cccc(S(=O)(=O)NC2CC2)c1)N1CCN(c2nccs2)CC1. The first kappa shape index (κ1) is 17.4. The molecule has 1 amide bonds. The Bertz CT molecular complexity index is 886. The quantitative estimate of drug-likeness (QED) is 0.835. The number of anilines is 1. The first-order valence-electron chi connectivity index (χ1n) is 8.59. The van der Waals surface area contributed by atoms with E-state index in [1.54, 1.807) is 34.6 Å². The van der Waals surface area contributed by atoms with Gasteiger partial charge in [-0.1, -0.05) is 6.07 Å². The topological polar surface area (TPSA) is 82.6 Å². The lowest BCUT2D eigenvalue weighted by atomic mass is 10.2. The average Bonchev–Trinajstić information content (AvgIpc) is 3.29. The van der Waals surface area contributed by atoms with Gasteiger partial charge in [-0.15, -0.1) is 11.3 Å². The van der Waals surface area contributed by atoms with E-state index in [9.17, 15) is 13.2 Å². The van der Waals surface area contributed by atoms with Crippen LogP contribution in [0.4, 0.5) is 5.13 Å². The highest BCUT2D eigenvalue weighted by Gasteiger charge is 2.29. The molecule has 0 bridgehead atoms. The summed E-state index contributed by atoms with van der Waals surface area (Å²) in [5.41, 5.74) is 0.409. The number of thiazole rings is 1. The van der Waals surface area contributed by atoms with E-state index in [4.69, 9.17) is 0 Å². The van der Waals surface area contributed by atoms with E-state index in [-0.39, 0.29) is 16.8 Å². The number of carbonyl (C=O) groups is 1. The summed E-state index contributed by atoms with van der Waals surface area (Å²) in [5, 5.41) is 2.91. The Hall–Kier alpha value is -1.97. The fraction of sp³-hybridized carbons (Fsp3) is 0.412. The molecule has 4 rings (SSSR count). The Morgan fingerprint density at radius 1 is 1.19 bits per heavy atom. The van der Waals surface area contributed by atoms with Gasteiger partial charge in [0.15, 0.2) is 5.13 Å². The first-order valence-corrected chi connectivity index (χ1v) is 11.0. The molecular weight excluding hydrogens is 372 g/mol. The zero-order chi connectivity index (χ0) is 18.1. The first-order chi connectivity index (χ1) is 12.5. The molecule has 1 aromatic heterocycles. The van der Waals surface area contributed by atoms with Gasteiger partial charge < -0.3 is 9.80 Å². The number of nitrogens with one attached hydrogen (secondary N) is 1. The van der Waals surface area contributed by atoms with Crippen LogP contribution in [-0.2, 0) is 10.0 Å². The lowest BCUT2D eigenvalue weighted by Gasteiger charge is -2.34. The number of nitrogens with zero attached hydrogens (tertiary/aromatic N) is 3. The zero-order valence-electron chi connectivity index (χ0n) is 14.2. The van der Waals surface area contributed by atoms with Gasteiger partial charge in [-0.2, -0.15) is 0 Å². The summed E-state index contributed by atoms with van der Waals surface area (Å²) in [6.07, 6.45) is 3.53. The Morgan fingerprint density at radius 3 is 2.62 bits per heavy atom. The van der Waals surface area contributed by atoms with Gasteiger partial charge in [0.05, 0.1) is 4.90 Å². The third kappa shape index (κ3) is 3.74. The monoisotopic (exact) mass is 392 g/mol. The molecule has 1 saturated carbocycles. The molecule has 2 aromatic rings. The van der Waals surface area contributed by atoms with Crippen molar-refractivity contribution in [1.82, 2.24) is 14.6 Å². The summed E-state index contributed by atoms with van der Waals surface area (Å²) >= 11 is 1.59. The Morgan fingerprint density at radius 2 is 1.96 bits per heavy atom. The third-order valence-corrected chi connectivity index (χ3v) is 6.90. The number of sulfonamides is 1. The maximum atomic E-state index is 12.8. The molecule has 2 fully saturated rings. The molecule has 1 aliphatic carbocycles. The van der Waals surface area contributed by atoms with Gasteiger partial charge in [0.25, 0.3) is 5.91 Å². The molecule has 2 aliphatic rings. The van der Waals surface area contributed by atoms with Gasteiger partial charge in [-0.3, -0.25) is 4.79 Å². The second-order valence-corrected chi connectivity index (χ2v) is 9.10. The number of piperazine rings is 1. The average molecular weight is 393 g/mol. The van der Waals surface area contributed by atoms with Crippen LogP contribution in [0.5, 0.6) is 0 Å². The number of hydrogen-bond donors (Lipinski definition) is 1. The van der Waals surface area contributed by atoms with Gasteiger partial charge in [0, 0.05) is 49.4 Å². The van der Waals surface area contributed by atoms with Crippen molar-refractivity contribution in [2.75, 3.05) is 31.1 Å². The number of rotatable bonds is 5. The van der Waals surface area contributed by atoms with Crippen LogP contribution in [0.15, 0.2) is 40.7 Å². The highest BCUT2D eigenvalue weighted by molar-refractivity contribution is 7.89. The van der Waals surface area contributed by atoms with Crippen molar-refractivity contribution in [2.24, 2.45) is 0 Å². The number of hydrogen-bond acceptors (Lipinski definition) is 6. The molecule has 26 heavy (non-hydrogen) atoms. The fourth-order valence-electron chi connectivity index (χ4n) is 2.94. The highest BCUT2D eigenvalue weighted by Crippen LogP contribution is 2.23. The normalized spacial score (nSPS) is 18.2. The van der Waals surface area contributed by atoms with Crippen LogP contribution in [-0.4, -0.2) is 56.4 Å². The maximum Gasteiger partial charge on any atom is 0.254 e. The van der Waals surface area contributed by atoms with Gasteiger partial charge in [-0.05, 0) is 31.0 Å². The van der Waals surface area contributed by atoms with Crippen LogP contribution >= 0.6 is 11.3 Å². The molecule has 1 N–H and O–H groups in total. The van der Waals surface area contributed by atoms with Gasteiger partial charge >= 0.3 is 0 Å². The number of amides is 1. The molecule has 7 nitrogen and oxygen atoms in total. The molecule has 0 unspecified atom stereocenters. The van der Waals surface area contributed by atoms with Crippen LogP contribution in [0, 0.1) is 0 Å². The van der Waals surface area contributed by atoms with Gasteiger partial charge in [0.2, 0.25) is 10.0 Å². The highest BCUT2D eigenvalue weighted by atomic mass is 32.2. The molecule has 138 valence electrons. The standard InChI is InChI=1S/C17H20N4O3S2/c22-16(20-7-9-21(10-8-20)17-18-6-11-25-17)13-2-1-3-15(12-13)26(23,24)19-14-4-5-14/h1-3,6,11-12,14,19H,4-5,7-10H2. The van der Waals surface area contributed by atoms with Crippen molar-refractivity contribution in [3.05, 3.63) is 41.4 Å². The summed E-state index contributed by atoms with van der Waals surface area (Å²) in [6.45, 7) is 2.63. The van der Waals surface area contributed by atoms with E-state index in [1.807, 2.05) is 5.38 Å². The molecule has 1 aromatic carbocycles. The van der Waals surface area contributed by atoms with E-state index >= 15 is 0 Å². The summed E-state index contributed by atoms with van der Waals surface area (Å²) in [4.78, 5) is 21.2. The lowest BCUT2D eigenvalue weighted by molar-refractivity contribution is 0.0746. The molecule has 9 heteroatoms. The van der Waals surface area contributed by atoms with Crippen molar-refractivity contribution in [2.45, 2.75) is 23.8 Å². The van der Waals surface area contributed by atoms with E-state index < -0.39 is 10.0 Å². The summed E-state index contributed by atoms with van der Waals surface area (Å²) in [7, 11) is -3.56. The van der Waals surface area contributed by atoms with E-state index in [1.165, 1.54) is 12.1 Å². The smallest absolute Gasteiger partial charge is 0.254 e. The van der Waals surface area contributed by atoms with E-state index in [2.05, 4.69) is 14.6 Å². The Kier molecular flexibility index (Phi) is 4.68. The number of aromatic nitrogens is 1. The van der Waals surface area contributed by atoms with Crippen molar-refractivity contribution >= 4 is 32.4 Å². The second-order valence-electron chi connectivity index (χ2n) is 6.52. The molecule has 2 heterocycles. The third-order valence-electron chi connectivity index (χ3n) is 4.55. The minimum atomic E-state index is -3.56. The number of benzene rings is 1. The molecule has 1 aliphatic heterocycles. The van der Waals surface area contributed by atoms with Crippen molar-refractivity contribution in [1.29, 1.82) is 0 Å². The largest absolute Gasteiger partial charge is 0.345 e. The lowest BCUT2D eigenvalue weighted by Crippen LogP contribution is -2.48. The minimum absolute atomic E-state index is 0.0401. The van der Waals surface area contributed by atoms with Crippen LogP contribution in [0.1, 0.15) is 23.2 Å². The zero-order valence-corrected chi connectivity index (χ0v) is 15.8. The van der Waals surface area contributed by atoms with Crippen molar-refractivity contribution in [3.8, 4) is 0 Å². The van der Waals surface area contributed by atoms with Crippen molar-refractivity contribution in [3.63, 3.8) is 0 Å². The predicted molar refractivity (Wildman–Crippen MR) is 100 cm³/mol. The predicted octanol–water partition coefficient (Wildman–Crippen LogP) is 1.55. The van der Waals surface area contributed by atoms with Gasteiger partial charge in [-0.25, -0.2) is 18.1 Å². The van der Waals surface area contributed by atoms with Crippen LogP contribution < -0.4 is 9.62 Å². The fourth-order valence-corrected chi connectivity index (χ4v) is 4.99. The van der Waals surface area contributed by atoms with Crippen LogP contribution in [0.3, 0.4) is 0 Å². The van der Waals surface area contributed by atoms with Crippen LogP contribution in [0.25, 0.3) is 0 Å². The van der Waals surface area contributed by atoms with Crippen LogP contribution in [0.2, 0.25) is 0 Å². The van der Waals surface area contributed by atoms with E-state index in [0.29, 0.717) is 18.7 Å². The molecule has 0 spiro atoms. The Balaban J connectivity index is 1.44. The molecule has 0 atom stereocenters. The number of carbonyl (C=O) groups excluding carboxylic acids is 1. The van der Waals surface area contributed by atoms with Crippen molar-refractivity contribution < 1.29 is 13.2 Å². The Labute approximate surface area is 156 Å². The molecular formula is C17H20N4O3S2.